The van der Waals surface area contributed by atoms with Gasteiger partial charge in [0, 0.05) is 18.2 Å². The van der Waals surface area contributed by atoms with Gasteiger partial charge in [0.05, 0.1) is 20.0 Å². The lowest BCUT2D eigenvalue weighted by molar-refractivity contribution is -0.128. The number of nitrogens with zero attached hydrogens (tertiary/aromatic N) is 1. The average molecular weight is 295 g/mol. The SMILES string of the molecule is CCCCN1C(=O)CSC1c1ccc(OC)cc1OC. The predicted molar refractivity (Wildman–Crippen MR) is 81.4 cm³/mol. The topological polar surface area (TPSA) is 38.8 Å². The zero-order valence-electron chi connectivity index (χ0n) is 12.2. The molecule has 0 saturated carbocycles. The Kier molecular flexibility index (Phi) is 5.17. The van der Waals surface area contributed by atoms with Crippen LogP contribution < -0.4 is 9.47 Å². The van der Waals surface area contributed by atoms with Gasteiger partial charge in [0.25, 0.3) is 0 Å². The van der Waals surface area contributed by atoms with Crippen molar-refractivity contribution in [3.05, 3.63) is 23.8 Å². The standard InChI is InChI=1S/C15H21NO3S/c1-4-5-8-16-14(17)10-20-15(16)12-7-6-11(18-2)9-13(12)19-3/h6-7,9,15H,4-5,8,10H2,1-3H3. The minimum Gasteiger partial charge on any atom is -0.497 e. The van der Waals surface area contributed by atoms with Crippen molar-refractivity contribution in [3.63, 3.8) is 0 Å². The molecule has 110 valence electrons. The number of ether oxygens (including phenoxy) is 2. The number of hydrogen-bond donors (Lipinski definition) is 0. The summed E-state index contributed by atoms with van der Waals surface area (Å²) in [4.78, 5) is 14.0. The Morgan fingerprint density at radius 2 is 2.15 bits per heavy atom. The van der Waals surface area contributed by atoms with Gasteiger partial charge in [0.1, 0.15) is 16.9 Å². The minimum absolute atomic E-state index is 0.0508. The maximum Gasteiger partial charge on any atom is 0.233 e. The fraction of sp³-hybridized carbons (Fsp3) is 0.533. The zero-order valence-corrected chi connectivity index (χ0v) is 13.0. The predicted octanol–water partition coefficient (Wildman–Crippen LogP) is 3.08. The van der Waals surface area contributed by atoms with E-state index in [0.29, 0.717) is 5.75 Å². The fourth-order valence-electron chi connectivity index (χ4n) is 2.30. The van der Waals surface area contributed by atoms with Crippen LogP contribution in [-0.4, -0.2) is 37.3 Å². The maximum atomic E-state index is 12.0. The number of carbonyl (C=O) groups excluding carboxylic acids is 1. The molecule has 4 nitrogen and oxygen atoms in total. The van der Waals surface area contributed by atoms with Gasteiger partial charge in [0.2, 0.25) is 5.91 Å². The third-order valence-electron chi connectivity index (χ3n) is 3.43. The highest BCUT2D eigenvalue weighted by Crippen LogP contribution is 2.43. The number of carbonyl (C=O) groups is 1. The van der Waals surface area contributed by atoms with Gasteiger partial charge in [0.15, 0.2) is 0 Å². The highest BCUT2D eigenvalue weighted by Gasteiger charge is 2.34. The van der Waals surface area contributed by atoms with Gasteiger partial charge in [-0.3, -0.25) is 4.79 Å². The van der Waals surface area contributed by atoms with E-state index in [1.165, 1.54) is 0 Å². The number of benzene rings is 1. The molecule has 0 aromatic heterocycles. The van der Waals surface area contributed by atoms with E-state index in [4.69, 9.17) is 9.47 Å². The Bertz CT molecular complexity index is 478. The first-order valence-electron chi connectivity index (χ1n) is 6.84. The number of amides is 1. The van der Waals surface area contributed by atoms with Crippen molar-refractivity contribution in [1.82, 2.24) is 4.90 Å². The quantitative estimate of drug-likeness (QED) is 0.808. The second-order valence-electron chi connectivity index (χ2n) is 4.71. The van der Waals surface area contributed by atoms with Crippen LogP contribution in [0.5, 0.6) is 11.5 Å². The molecule has 1 amide bonds. The van der Waals surface area contributed by atoms with Crippen LogP contribution in [-0.2, 0) is 4.79 Å². The molecule has 0 bridgehead atoms. The molecule has 1 aliphatic heterocycles. The van der Waals surface area contributed by atoms with E-state index in [9.17, 15) is 4.79 Å². The first-order chi connectivity index (χ1) is 9.71. The summed E-state index contributed by atoms with van der Waals surface area (Å²) in [6.45, 7) is 2.94. The summed E-state index contributed by atoms with van der Waals surface area (Å²) in [5.74, 6) is 2.30. The van der Waals surface area contributed by atoms with Gasteiger partial charge in [-0.2, -0.15) is 0 Å². The first-order valence-corrected chi connectivity index (χ1v) is 7.89. The van der Waals surface area contributed by atoms with Crippen molar-refractivity contribution in [2.45, 2.75) is 25.1 Å². The highest BCUT2D eigenvalue weighted by atomic mass is 32.2. The van der Waals surface area contributed by atoms with Gasteiger partial charge in [-0.05, 0) is 18.6 Å². The fourth-order valence-corrected chi connectivity index (χ4v) is 3.55. The molecule has 2 rings (SSSR count). The molecular weight excluding hydrogens is 274 g/mol. The van der Waals surface area contributed by atoms with E-state index in [2.05, 4.69) is 6.92 Å². The van der Waals surface area contributed by atoms with Gasteiger partial charge >= 0.3 is 0 Å². The Morgan fingerprint density at radius 3 is 2.80 bits per heavy atom. The monoisotopic (exact) mass is 295 g/mol. The van der Waals surface area contributed by atoms with Gasteiger partial charge < -0.3 is 14.4 Å². The lowest BCUT2D eigenvalue weighted by Gasteiger charge is -2.25. The molecule has 1 aromatic carbocycles. The molecule has 0 aliphatic carbocycles. The summed E-state index contributed by atoms with van der Waals surface area (Å²) in [7, 11) is 3.28. The second kappa shape index (κ2) is 6.88. The first kappa shape index (κ1) is 15.0. The van der Waals surface area contributed by atoms with Crippen LogP contribution in [0.1, 0.15) is 30.7 Å². The largest absolute Gasteiger partial charge is 0.497 e. The van der Waals surface area contributed by atoms with E-state index >= 15 is 0 Å². The van der Waals surface area contributed by atoms with Crippen molar-refractivity contribution in [2.24, 2.45) is 0 Å². The van der Waals surface area contributed by atoms with Gasteiger partial charge in [-0.15, -0.1) is 11.8 Å². The van der Waals surface area contributed by atoms with Crippen LogP contribution in [0, 0.1) is 0 Å². The summed E-state index contributed by atoms with van der Waals surface area (Å²) in [6, 6.07) is 5.78. The average Bonchev–Trinajstić information content (AvgIpc) is 2.85. The van der Waals surface area contributed by atoms with Crippen LogP contribution in [0.15, 0.2) is 18.2 Å². The summed E-state index contributed by atoms with van der Waals surface area (Å²) in [5.41, 5.74) is 1.04. The summed E-state index contributed by atoms with van der Waals surface area (Å²) >= 11 is 1.66. The third kappa shape index (κ3) is 3.03. The van der Waals surface area contributed by atoms with Crippen LogP contribution in [0.3, 0.4) is 0 Å². The second-order valence-corrected chi connectivity index (χ2v) is 5.78. The van der Waals surface area contributed by atoms with Crippen LogP contribution >= 0.6 is 11.8 Å². The molecule has 0 spiro atoms. The van der Waals surface area contributed by atoms with E-state index in [0.717, 1.165) is 36.4 Å². The van der Waals surface area contributed by atoms with Gasteiger partial charge in [-0.1, -0.05) is 13.3 Å². The Morgan fingerprint density at radius 1 is 1.35 bits per heavy atom. The Hall–Kier alpha value is -1.36. The summed E-state index contributed by atoms with van der Waals surface area (Å²) in [5, 5.41) is 0.0508. The molecule has 1 atom stereocenters. The Labute approximate surface area is 124 Å². The lowest BCUT2D eigenvalue weighted by Crippen LogP contribution is -2.29. The number of hydrogen-bond acceptors (Lipinski definition) is 4. The van der Waals surface area contributed by atoms with Gasteiger partial charge in [-0.25, -0.2) is 0 Å². The van der Waals surface area contributed by atoms with Crippen LogP contribution in [0.2, 0.25) is 0 Å². The highest BCUT2D eigenvalue weighted by molar-refractivity contribution is 8.00. The number of rotatable bonds is 6. The Balaban J connectivity index is 2.27. The molecule has 1 unspecified atom stereocenters. The van der Waals surface area contributed by atoms with Crippen molar-refractivity contribution < 1.29 is 14.3 Å². The van der Waals surface area contributed by atoms with E-state index in [-0.39, 0.29) is 11.3 Å². The van der Waals surface area contributed by atoms with Crippen molar-refractivity contribution in [2.75, 3.05) is 26.5 Å². The molecule has 0 N–H and O–H groups in total. The molecule has 1 heterocycles. The van der Waals surface area contributed by atoms with E-state index in [1.54, 1.807) is 26.0 Å². The van der Waals surface area contributed by atoms with Crippen LogP contribution in [0.25, 0.3) is 0 Å². The van der Waals surface area contributed by atoms with Crippen molar-refractivity contribution >= 4 is 17.7 Å². The summed E-state index contributed by atoms with van der Waals surface area (Å²) < 4.78 is 10.7. The molecular formula is C15H21NO3S. The van der Waals surface area contributed by atoms with Crippen molar-refractivity contribution in [1.29, 1.82) is 0 Å². The normalized spacial score (nSPS) is 18.4. The molecule has 1 saturated heterocycles. The molecule has 20 heavy (non-hydrogen) atoms. The minimum atomic E-state index is 0.0508. The van der Waals surface area contributed by atoms with Crippen LogP contribution in [0.4, 0.5) is 0 Å². The molecule has 0 radical (unpaired) electrons. The number of unbranched alkanes of at least 4 members (excludes halogenated alkanes) is 1. The molecule has 5 heteroatoms. The zero-order chi connectivity index (χ0) is 14.5. The lowest BCUT2D eigenvalue weighted by atomic mass is 10.1. The number of thioether (sulfide) groups is 1. The van der Waals surface area contributed by atoms with E-state index in [1.807, 2.05) is 23.1 Å². The molecule has 1 aliphatic rings. The van der Waals surface area contributed by atoms with E-state index < -0.39 is 0 Å². The third-order valence-corrected chi connectivity index (χ3v) is 4.67. The maximum absolute atomic E-state index is 12.0. The summed E-state index contributed by atoms with van der Waals surface area (Å²) in [6.07, 6.45) is 2.11. The number of methoxy groups -OCH3 is 2. The molecule has 1 fully saturated rings. The molecule has 1 aromatic rings. The smallest absolute Gasteiger partial charge is 0.233 e. The van der Waals surface area contributed by atoms with Crippen molar-refractivity contribution in [3.8, 4) is 11.5 Å².